The van der Waals surface area contributed by atoms with Crippen molar-refractivity contribution in [3.63, 3.8) is 0 Å². The quantitative estimate of drug-likeness (QED) is 0.481. The number of esters is 1. The van der Waals surface area contributed by atoms with E-state index in [4.69, 9.17) is 9.47 Å². The molecule has 0 aliphatic carbocycles. The summed E-state index contributed by atoms with van der Waals surface area (Å²) in [6.45, 7) is 4.90. The van der Waals surface area contributed by atoms with Crippen LogP contribution in [-0.4, -0.2) is 18.2 Å². The van der Waals surface area contributed by atoms with Crippen LogP contribution in [0.25, 0.3) is 0 Å². The van der Waals surface area contributed by atoms with Gasteiger partial charge < -0.3 is 14.6 Å². The molecule has 86 valence electrons. The number of methoxy groups -OCH3 is 1. The maximum Gasteiger partial charge on any atom is 0.308 e. The predicted octanol–water partition coefficient (Wildman–Crippen LogP) is 2.05. The zero-order chi connectivity index (χ0) is 12.1. The van der Waals surface area contributed by atoms with Crippen LogP contribution in [0.4, 0.5) is 0 Å². The van der Waals surface area contributed by atoms with Crippen LogP contribution in [0, 0.1) is 0 Å². The summed E-state index contributed by atoms with van der Waals surface area (Å²) in [6.07, 6.45) is 2.21. The fraction of sp³-hybridized carbons (Fsp3) is 0.250. The van der Waals surface area contributed by atoms with Crippen LogP contribution < -0.4 is 9.47 Å². The van der Waals surface area contributed by atoms with Crippen LogP contribution in [-0.2, 0) is 11.2 Å². The van der Waals surface area contributed by atoms with E-state index in [1.165, 1.54) is 20.1 Å². The smallest absolute Gasteiger partial charge is 0.308 e. The van der Waals surface area contributed by atoms with Gasteiger partial charge in [0.15, 0.2) is 11.5 Å². The molecule has 0 bridgehead atoms. The monoisotopic (exact) mass is 222 g/mol. The number of phenols is 1. The molecule has 4 heteroatoms. The van der Waals surface area contributed by atoms with Gasteiger partial charge in [-0.05, 0) is 12.5 Å². The maximum absolute atomic E-state index is 11.0. The molecule has 0 saturated carbocycles. The van der Waals surface area contributed by atoms with Crippen LogP contribution in [0.1, 0.15) is 12.5 Å². The number of carbonyl (C=O) groups is 1. The highest BCUT2D eigenvalue weighted by Gasteiger charge is 2.16. The number of hydrogen-bond donors (Lipinski definition) is 1. The van der Waals surface area contributed by atoms with Gasteiger partial charge in [-0.2, -0.15) is 0 Å². The van der Waals surface area contributed by atoms with Crippen molar-refractivity contribution < 1.29 is 19.4 Å². The number of rotatable bonds is 4. The average molecular weight is 222 g/mol. The molecular formula is C12H14O4. The molecule has 16 heavy (non-hydrogen) atoms. The molecule has 0 atom stereocenters. The molecule has 0 heterocycles. The molecule has 1 aromatic rings. The molecule has 0 amide bonds. The Morgan fingerprint density at radius 1 is 1.50 bits per heavy atom. The van der Waals surface area contributed by atoms with Crippen molar-refractivity contribution in [1.82, 2.24) is 0 Å². The molecular weight excluding hydrogens is 208 g/mol. The van der Waals surface area contributed by atoms with Gasteiger partial charge in [0.05, 0.1) is 7.11 Å². The summed E-state index contributed by atoms with van der Waals surface area (Å²) in [7, 11) is 1.40. The molecule has 0 fully saturated rings. The number of ether oxygens (including phenoxy) is 2. The van der Waals surface area contributed by atoms with Gasteiger partial charge in [-0.15, -0.1) is 6.58 Å². The Balaban J connectivity index is 3.27. The van der Waals surface area contributed by atoms with E-state index in [9.17, 15) is 9.90 Å². The predicted molar refractivity (Wildman–Crippen MR) is 59.9 cm³/mol. The SMILES string of the molecule is C=CCc1ccc(O)c(OC)c1OC(C)=O. The van der Waals surface area contributed by atoms with Gasteiger partial charge in [0, 0.05) is 12.5 Å². The van der Waals surface area contributed by atoms with Crippen LogP contribution in [0.3, 0.4) is 0 Å². The van der Waals surface area contributed by atoms with Crippen molar-refractivity contribution in [3.8, 4) is 17.2 Å². The van der Waals surface area contributed by atoms with E-state index < -0.39 is 5.97 Å². The average Bonchev–Trinajstić information content (AvgIpc) is 2.22. The topological polar surface area (TPSA) is 55.8 Å². The molecule has 0 aromatic heterocycles. The second-order valence-corrected chi connectivity index (χ2v) is 3.19. The molecule has 0 aliphatic heterocycles. The number of benzene rings is 1. The lowest BCUT2D eigenvalue weighted by Gasteiger charge is -2.13. The first-order valence-electron chi connectivity index (χ1n) is 4.78. The van der Waals surface area contributed by atoms with Crippen LogP contribution in [0.2, 0.25) is 0 Å². The minimum Gasteiger partial charge on any atom is -0.504 e. The van der Waals surface area contributed by atoms with Crippen molar-refractivity contribution >= 4 is 5.97 Å². The fourth-order valence-electron chi connectivity index (χ4n) is 1.36. The highest BCUT2D eigenvalue weighted by atomic mass is 16.6. The van der Waals surface area contributed by atoms with Crippen molar-refractivity contribution in [2.75, 3.05) is 7.11 Å². The third-order valence-corrected chi connectivity index (χ3v) is 1.99. The standard InChI is InChI=1S/C12H14O4/c1-4-5-9-6-7-10(14)12(15-3)11(9)16-8(2)13/h4,6-7,14H,1,5H2,2-3H3. The molecule has 0 saturated heterocycles. The molecule has 1 aromatic carbocycles. The third-order valence-electron chi connectivity index (χ3n) is 1.99. The number of carbonyl (C=O) groups excluding carboxylic acids is 1. The van der Waals surface area contributed by atoms with Crippen LogP contribution >= 0.6 is 0 Å². The molecule has 1 rings (SSSR count). The van der Waals surface area contributed by atoms with E-state index in [2.05, 4.69) is 6.58 Å². The summed E-state index contributed by atoms with van der Waals surface area (Å²) in [4.78, 5) is 11.0. The van der Waals surface area contributed by atoms with Crippen LogP contribution in [0.5, 0.6) is 17.2 Å². The first-order valence-corrected chi connectivity index (χ1v) is 4.78. The summed E-state index contributed by atoms with van der Waals surface area (Å²) < 4.78 is 10.0. The van der Waals surface area contributed by atoms with Gasteiger partial charge >= 0.3 is 5.97 Å². The molecule has 0 unspecified atom stereocenters. The second-order valence-electron chi connectivity index (χ2n) is 3.19. The first kappa shape index (κ1) is 12.1. The second kappa shape index (κ2) is 5.21. The number of aromatic hydroxyl groups is 1. The first-order chi connectivity index (χ1) is 7.60. The van der Waals surface area contributed by atoms with E-state index in [-0.39, 0.29) is 17.2 Å². The van der Waals surface area contributed by atoms with Gasteiger partial charge in [-0.25, -0.2) is 0 Å². The number of allylic oxidation sites excluding steroid dienone is 1. The lowest BCUT2D eigenvalue weighted by molar-refractivity contribution is -0.132. The van der Waals surface area contributed by atoms with Gasteiger partial charge in [0.2, 0.25) is 5.75 Å². The summed E-state index contributed by atoms with van der Waals surface area (Å²) >= 11 is 0. The summed E-state index contributed by atoms with van der Waals surface area (Å²) in [5, 5.41) is 9.55. The minimum atomic E-state index is -0.464. The Morgan fingerprint density at radius 2 is 2.19 bits per heavy atom. The maximum atomic E-state index is 11.0. The Kier molecular flexibility index (Phi) is 3.94. The van der Waals surface area contributed by atoms with E-state index >= 15 is 0 Å². The van der Waals surface area contributed by atoms with Crippen molar-refractivity contribution in [2.45, 2.75) is 13.3 Å². The van der Waals surface area contributed by atoms with Crippen molar-refractivity contribution in [1.29, 1.82) is 0 Å². The van der Waals surface area contributed by atoms with Gasteiger partial charge in [0.1, 0.15) is 0 Å². The Morgan fingerprint density at radius 3 is 2.69 bits per heavy atom. The molecule has 0 spiro atoms. The molecule has 0 radical (unpaired) electrons. The highest BCUT2D eigenvalue weighted by molar-refractivity contribution is 5.72. The van der Waals surface area contributed by atoms with Crippen LogP contribution in [0.15, 0.2) is 24.8 Å². The molecule has 1 N–H and O–H groups in total. The fourth-order valence-corrected chi connectivity index (χ4v) is 1.36. The lowest BCUT2D eigenvalue weighted by atomic mass is 10.1. The lowest BCUT2D eigenvalue weighted by Crippen LogP contribution is -2.05. The summed E-state index contributed by atoms with van der Waals surface area (Å²) in [6, 6.07) is 3.16. The normalized spacial score (nSPS) is 9.62. The third kappa shape index (κ3) is 2.53. The zero-order valence-electron chi connectivity index (χ0n) is 9.32. The van der Waals surface area contributed by atoms with Gasteiger partial charge in [-0.1, -0.05) is 12.1 Å². The number of phenolic OH excluding ortho intramolecular Hbond substituents is 1. The van der Waals surface area contributed by atoms with E-state index in [0.717, 1.165) is 5.56 Å². The van der Waals surface area contributed by atoms with E-state index in [1.54, 1.807) is 12.1 Å². The summed E-state index contributed by atoms with van der Waals surface area (Å²) in [5.74, 6) is -0.120. The van der Waals surface area contributed by atoms with Crippen molar-refractivity contribution in [3.05, 3.63) is 30.4 Å². The highest BCUT2D eigenvalue weighted by Crippen LogP contribution is 2.39. The Labute approximate surface area is 94.1 Å². The van der Waals surface area contributed by atoms with E-state index in [0.29, 0.717) is 6.42 Å². The Hall–Kier alpha value is -1.97. The summed E-state index contributed by atoms with van der Waals surface area (Å²) in [5.41, 5.74) is 0.736. The minimum absolute atomic E-state index is 0.0634. The zero-order valence-corrected chi connectivity index (χ0v) is 9.32. The molecule has 4 nitrogen and oxygen atoms in total. The molecule has 0 aliphatic rings. The Bertz CT molecular complexity index is 410. The number of hydrogen-bond acceptors (Lipinski definition) is 4. The largest absolute Gasteiger partial charge is 0.504 e. The van der Waals surface area contributed by atoms with Gasteiger partial charge in [-0.3, -0.25) is 4.79 Å². The van der Waals surface area contributed by atoms with Gasteiger partial charge in [0.25, 0.3) is 0 Å². The van der Waals surface area contributed by atoms with Crippen molar-refractivity contribution in [2.24, 2.45) is 0 Å². The van der Waals surface area contributed by atoms with E-state index in [1.807, 2.05) is 0 Å².